The van der Waals surface area contributed by atoms with Crippen molar-refractivity contribution >= 4 is 27.8 Å². The van der Waals surface area contributed by atoms with E-state index in [1.807, 2.05) is 0 Å². The highest BCUT2D eigenvalue weighted by Gasteiger charge is 2.16. The molecule has 0 fully saturated rings. The van der Waals surface area contributed by atoms with Crippen molar-refractivity contribution in [3.63, 3.8) is 0 Å². The molecular formula is C10H15N5O3S. The van der Waals surface area contributed by atoms with E-state index in [9.17, 15) is 4.21 Å². The summed E-state index contributed by atoms with van der Waals surface area (Å²) in [4.78, 5) is 8.38. The molecule has 2 aromatic heterocycles. The van der Waals surface area contributed by atoms with Gasteiger partial charge in [-0.15, -0.1) is 0 Å². The molecule has 0 spiro atoms. The van der Waals surface area contributed by atoms with E-state index in [4.69, 9.17) is 20.3 Å². The fourth-order valence-electron chi connectivity index (χ4n) is 1.67. The van der Waals surface area contributed by atoms with Gasteiger partial charge in [0.05, 0.1) is 23.5 Å². The highest BCUT2D eigenvalue weighted by atomic mass is 32.2. The summed E-state index contributed by atoms with van der Waals surface area (Å²) >= 11 is 0. The summed E-state index contributed by atoms with van der Waals surface area (Å²) in [5.74, 6) is 0.245. The summed E-state index contributed by atoms with van der Waals surface area (Å²) in [5, 5.41) is 5.92. The molecule has 1 unspecified atom stereocenters. The van der Waals surface area contributed by atoms with Crippen LogP contribution in [0.5, 0.6) is 0 Å². The smallest absolute Gasteiger partial charge is 0.148 e. The number of ether oxygens (including phenoxy) is 2. The molecule has 4 N–H and O–H groups in total. The molecule has 0 aliphatic rings. The number of rotatable bonds is 6. The first-order valence-corrected chi connectivity index (χ1v) is 6.68. The van der Waals surface area contributed by atoms with Crippen LogP contribution < -0.4 is 10.9 Å². The third kappa shape index (κ3) is 2.89. The van der Waals surface area contributed by atoms with Crippen molar-refractivity contribution in [2.75, 3.05) is 26.1 Å². The zero-order valence-electron chi connectivity index (χ0n) is 10.4. The molecule has 0 saturated carbocycles. The zero-order chi connectivity index (χ0) is 13.8. The summed E-state index contributed by atoms with van der Waals surface area (Å²) in [6.07, 6.45) is 2.95. The van der Waals surface area contributed by atoms with E-state index in [-0.39, 0.29) is 12.5 Å². The van der Waals surface area contributed by atoms with Crippen LogP contribution in [0.4, 0.5) is 5.82 Å². The van der Waals surface area contributed by atoms with Crippen LogP contribution >= 0.6 is 0 Å². The number of nitrogens with zero attached hydrogens (tertiary/aromatic N) is 3. The second kappa shape index (κ2) is 6.06. The Kier molecular flexibility index (Phi) is 4.43. The van der Waals surface area contributed by atoms with Gasteiger partial charge in [0.2, 0.25) is 0 Å². The Hall–Kier alpha value is -1.55. The fourth-order valence-corrected chi connectivity index (χ4v) is 2.30. The topological polar surface area (TPSA) is 118 Å². The van der Waals surface area contributed by atoms with Gasteiger partial charge in [0, 0.05) is 13.3 Å². The van der Waals surface area contributed by atoms with E-state index in [1.54, 1.807) is 17.9 Å². The second-order valence-corrected chi connectivity index (χ2v) is 4.78. The monoisotopic (exact) mass is 285 g/mol. The highest BCUT2D eigenvalue weighted by molar-refractivity contribution is 7.83. The molecule has 2 aromatic rings. The molecule has 2 rings (SSSR count). The third-order valence-electron chi connectivity index (χ3n) is 2.53. The van der Waals surface area contributed by atoms with Crippen molar-refractivity contribution in [3.05, 3.63) is 12.5 Å². The Morgan fingerprint density at radius 2 is 2.21 bits per heavy atom. The van der Waals surface area contributed by atoms with Gasteiger partial charge in [-0.05, 0) is 0 Å². The number of hydrogen-bond acceptors (Lipinski definition) is 6. The first-order chi connectivity index (χ1) is 9.15. The van der Waals surface area contributed by atoms with Crippen LogP contribution in [-0.4, -0.2) is 39.1 Å². The lowest BCUT2D eigenvalue weighted by atomic mass is 10.4. The molecule has 0 saturated heterocycles. The van der Waals surface area contributed by atoms with E-state index < -0.39 is 11.0 Å². The van der Waals surface area contributed by atoms with Gasteiger partial charge in [0.1, 0.15) is 35.5 Å². The molecule has 0 radical (unpaired) electrons. The van der Waals surface area contributed by atoms with Gasteiger partial charge in [-0.2, -0.15) is 0 Å². The SMILES string of the molecule is COCCOCn1cc(S(N)=O)c2c(N)ncnc21. The van der Waals surface area contributed by atoms with E-state index in [1.165, 1.54) is 6.33 Å². The minimum atomic E-state index is -1.66. The second-order valence-electron chi connectivity index (χ2n) is 3.75. The number of methoxy groups -OCH3 is 1. The number of nitrogen functional groups attached to an aromatic ring is 1. The van der Waals surface area contributed by atoms with E-state index in [2.05, 4.69) is 9.97 Å². The lowest BCUT2D eigenvalue weighted by molar-refractivity contribution is 0.0357. The third-order valence-corrected chi connectivity index (χ3v) is 3.27. The van der Waals surface area contributed by atoms with E-state index >= 15 is 0 Å². The Labute approximate surface area is 112 Å². The molecule has 104 valence electrons. The summed E-state index contributed by atoms with van der Waals surface area (Å²) in [7, 11) is -0.0677. The maximum atomic E-state index is 11.5. The Bertz CT molecular complexity index is 600. The van der Waals surface area contributed by atoms with Crippen LogP contribution in [-0.2, 0) is 27.2 Å². The average Bonchev–Trinajstić information content (AvgIpc) is 2.75. The normalized spacial score (nSPS) is 12.9. The largest absolute Gasteiger partial charge is 0.383 e. The van der Waals surface area contributed by atoms with Gasteiger partial charge < -0.3 is 19.8 Å². The fraction of sp³-hybridized carbons (Fsp3) is 0.400. The number of nitrogens with two attached hydrogens (primary N) is 2. The molecule has 2 heterocycles. The molecule has 9 heteroatoms. The van der Waals surface area contributed by atoms with Gasteiger partial charge >= 0.3 is 0 Å². The Morgan fingerprint density at radius 3 is 2.89 bits per heavy atom. The van der Waals surface area contributed by atoms with Crippen LogP contribution in [0.2, 0.25) is 0 Å². The van der Waals surface area contributed by atoms with Crippen LogP contribution in [0.15, 0.2) is 17.4 Å². The lowest BCUT2D eigenvalue weighted by Gasteiger charge is -2.05. The van der Waals surface area contributed by atoms with Gasteiger partial charge in [0.15, 0.2) is 0 Å². The van der Waals surface area contributed by atoms with Gasteiger partial charge in [-0.25, -0.2) is 19.3 Å². The van der Waals surface area contributed by atoms with Crippen molar-refractivity contribution < 1.29 is 13.7 Å². The zero-order valence-corrected chi connectivity index (χ0v) is 11.2. The first kappa shape index (κ1) is 13.9. The number of aromatic nitrogens is 3. The van der Waals surface area contributed by atoms with E-state index in [0.717, 1.165) is 0 Å². The number of hydrogen-bond donors (Lipinski definition) is 2. The molecule has 0 amide bonds. The lowest BCUT2D eigenvalue weighted by Crippen LogP contribution is -2.07. The van der Waals surface area contributed by atoms with Gasteiger partial charge in [-0.1, -0.05) is 0 Å². The van der Waals surface area contributed by atoms with Crippen molar-refractivity contribution in [1.29, 1.82) is 0 Å². The molecule has 0 bridgehead atoms. The molecular weight excluding hydrogens is 270 g/mol. The minimum absolute atomic E-state index is 0.244. The van der Waals surface area contributed by atoms with Gasteiger partial charge in [0.25, 0.3) is 0 Å². The van der Waals surface area contributed by atoms with Crippen LogP contribution in [0, 0.1) is 0 Å². The van der Waals surface area contributed by atoms with Crippen molar-refractivity contribution in [1.82, 2.24) is 14.5 Å². The first-order valence-electron chi connectivity index (χ1n) is 5.47. The molecule has 1 atom stereocenters. The van der Waals surface area contributed by atoms with Crippen LogP contribution in [0.1, 0.15) is 0 Å². The van der Waals surface area contributed by atoms with Crippen molar-refractivity contribution in [2.45, 2.75) is 11.6 Å². The molecule has 19 heavy (non-hydrogen) atoms. The van der Waals surface area contributed by atoms with E-state index in [0.29, 0.717) is 29.1 Å². The Balaban J connectivity index is 2.34. The number of anilines is 1. The summed E-state index contributed by atoms with van der Waals surface area (Å²) in [6, 6.07) is 0. The average molecular weight is 285 g/mol. The van der Waals surface area contributed by atoms with Crippen LogP contribution in [0.3, 0.4) is 0 Å². The predicted molar refractivity (Wildman–Crippen MR) is 70.4 cm³/mol. The predicted octanol–water partition coefficient (Wildman–Crippen LogP) is -0.385. The summed E-state index contributed by atoms with van der Waals surface area (Å²) in [5.41, 5.74) is 6.31. The minimum Gasteiger partial charge on any atom is -0.383 e. The molecule has 0 aromatic carbocycles. The quantitative estimate of drug-likeness (QED) is 0.698. The Morgan fingerprint density at radius 1 is 1.42 bits per heavy atom. The summed E-state index contributed by atoms with van der Waals surface area (Å²) < 4.78 is 23.5. The van der Waals surface area contributed by atoms with Crippen LogP contribution in [0.25, 0.3) is 11.0 Å². The molecule has 8 nitrogen and oxygen atoms in total. The highest BCUT2D eigenvalue weighted by Crippen LogP contribution is 2.25. The van der Waals surface area contributed by atoms with Crippen molar-refractivity contribution in [2.24, 2.45) is 5.14 Å². The maximum absolute atomic E-state index is 11.5. The van der Waals surface area contributed by atoms with Crippen molar-refractivity contribution in [3.8, 4) is 0 Å². The number of fused-ring (bicyclic) bond motifs is 1. The molecule has 0 aliphatic heterocycles. The standard InChI is InChI=1S/C10H15N5O3S/c1-17-2-3-18-6-15-4-7(19(12)16)8-9(11)13-5-14-10(8)15/h4-5H,2-3,6,12H2,1H3,(H2,11,13,14). The molecule has 0 aliphatic carbocycles. The maximum Gasteiger partial charge on any atom is 0.148 e. The van der Waals surface area contributed by atoms with Gasteiger partial charge in [-0.3, -0.25) is 0 Å². The summed E-state index contributed by atoms with van der Waals surface area (Å²) in [6.45, 7) is 1.18.